The van der Waals surface area contributed by atoms with E-state index in [9.17, 15) is 17.6 Å². The number of rotatable bonds is 4. The first kappa shape index (κ1) is 18.8. The number of benzene rings is 2. The molecule has 0 fully saturated rings. The summed E-state index contributed by atoms with van der Waals surface area (Å²) in [7, 11) is 0. The van der Waals surface area contributed by atoms with Gasteiger partial charge in [0.15, 0.2) is 5.82 Å². The van der Waals surface area contributed by atoms with Gasteiger partial charge in [0.25, 0.3) is 0 Å². The highest BCUT2D eigenvalue weighted by Crippen LogP contribution is 2.33. The number of nitrogens with zero attached hydrogens (tertiary/aromatic N) is 3. The molecule has 0 aliphatic heterocycles. The van der Waals surface area contributed by atoms with E-state index in [4.69, 9.17) is 0 Å². The molecular formula is C21H14F4N4. The van der Waals surface area contributed by atoms with Crippen molar-refractivity contribution in [1.29, 1.82) is 0 Å². The van der Waals surface area contributed by atoms with E-state index < -0.39 is 17.6 Å². The molecule has 0 bridgehead atoms. The van der Waals surface area contributed by atoms with Crippen molar-refractivity contribution in [1.82, 2.24) is 15.2 Å². The maximum Gasteiger partial charge on any atom is 0.416 e. The first-order chi connectivity index (χ1) is 13.9. The van der Waals surface area contributed by atoms with Crippen LogP contribution in [-0.2, 0) is 12.6 Å². The lowest BCUT2D eigenvalue weighted by Crippen LogP contribution is -2.07. The second kappa shape index (κ2) is 7.46. The molecule has 0 radical (unpaired) electrons. The van der Waals surface area contributed by atoms with Gasteiger partial charge in [-0.2, -0.15) is 18.3 Å². The number of halogens is 4. The zero-order chi connectivity index (χ0) is 20.4. The van der Waals surface area contributed by atoms with Gasteiger partial charge in [-0.15, -0.1) is 5.10 Å². The molecular weight excluding hydrogens is 384 g/mol. The van der Waals surface area contributed by atoms with E-state index in [1.54, 1.807) is 24.5 Å². The molecule has 2 heterocycles. The summed E-state index contributed by atoms with van der Waals surface area (Å²) in [5, 5.41) is 12.6. The minimum atomic E-state index is -4.65. The molecule has 1 N–H and O–H groups in total. The van der Waals surface area contributed by atoms with Crippen LogP contribution in [0.5, 0.6) is 0 Å². The Kier molecular flexibility index (Phi) is 4.84. The monoisotopic (exact) mass is 398 g/mol. The molecule has 2 aromatic heterocycles. The highest BCUT2D eigenvalue weighted by Gasteiger charge is 2.31. The third-order valence-electron chi connectivity index (χ3n) is 4.37. The standard InChI is InChI=1S/C21H14F4N4/c22-15-10-14(21(23,24)25)11-16(12-15)27-20-18-4-2-1-3-17(18)19(28-29-20)9-13-5-7-26-8-6-13/h1-8,10-12H,9H2,(H,27,29). The molecule has 0 amide bonds. The van der Waals surface area contributed by atoms with Crippen LogP contribution in [0.4, 0.5) is 29.1 Å². The number of pyridine rings is 1. The largest absolute Gasteiger partial charge is 0.416 e. The van der Waals surface area contributed by atoms with Crippen LogP contribution >= 0.6 is 0 Å². The highest BCUT2D eigenvalue weighted by atomic mass is 19.4. The van der Waals surface area contributed by atoms with E-state index in [1.165, 1.54) is 0 Å². The van der Waals surface area contributed by atoms with Crippen LogP contribution < -0.4 is 5.32 Å². The van der Waals surface area contributed by atoms with E-state index in [1.807, 2.05) is 24.3 Å². The van der Waals surface area contributed by atoms with Gasteiger partial charge in [-0.1, -0.05) is 24.3 Å². The van der Waals surface area contributed by atoms with Gasteiger partial charge in [-0.25, -0.2) is 4.39 Å². The summed E-state index contributed by atoms with van der Waals surface area (Å²) in [5.74, 6) is -0.744. The quantitative estimate of drug-likeness (QED) is 0.460. The van der Waals surface area contributed by atoms with Gasteiger partial charge in [-0.3, -0.25) is 4.98 Å². The number of anilines is 2. The lowest BCUT2D eigenvalue weighted by atomic mass is 10.0. The Balaban J connectivity index is 1.73. The zero-order valence-corrected chi connectivity index (χ0v) is 14.9. The Morgan fingerprint density at radius 3 is 2.31 bits per heavy atom. The molecule has 29 heavy (non-hydrogen) atoms. The molecule has 4 aromatic rings. The van der Waals surface area contributed by atoms with Crippen LogP contribution in [0.2, 0.25) is 0 Å². The zero-order valence-electron chi connectivity index (χ0n) is 14.9. The summed E-state index contributed by atoms with van der Waals surface area (Å²) in [4.78, 5) is 3.98. The Bertz CT molecular complexity index is 1160. The van der Waals surface area contributed by atoms with Crippen molar-refractivity contribution >= 4 is 22.3 Å². The van der Waals surface area contributed by atoms with E-state index in [0.29, 0.717) is 23.6 Å². The van der Waals surface area contributed by atoms with Crippen molar-refractivity contribution in [3.63, 3.8) is 0 Å². The second-order valence-corrected chi connectivity index (χ2v) is 6.42. The summed E-state index contributed by atoms with van der Waals surface area (Å²) >= 11 is 0. The van der Waals surface area contributed by atoms with Crippen molar-refractivity contribution in [2.24, 2.45) is 0 Å². The van der Waals surface area contributed by atoms with Crippen LogP contribution in [0.3, 0.4) is 0 Å². The fourth-order valence-electron chi connectivity index (χ4n) is 3.04. The van der Waals surface area contributed by atoms with Gasteiger partial charge in [0, 0.05) is 35.3 Å². The Hall–Kier alpha value is -3.55. The molecule has 0 spiro atoms. The van der Waals surface area contributed by atoms with Crippen molar-refractivity contribution in [3.05, 3.63) is 89.6 Å². The van der Waals surface area contributed by atoms with Gasteiger partial charge in [0.1, 0.15) is 5.82 Å². The van der Waals surface area contributed by atoms with Gasteiger partial charge in [0.2, 0.25) is 0 Å². The molecule has 0 atom stereocenters. The molecule has 2 aromatic carbocycles. The summed E-state index contributed by atoms with van der Waals surface area (Å²) in [5.41, 5.74) is 0.581. The third-order valence-corrected chi connectivity index (χ3v) is 4.37. The number of hydrogen-bond acceptors (Lipinski definition) is 4. The van der Waals surface area contributed by atoms with Crippen LogP contribution in [0.25, 0.3) is 10.8 Å². The van der Waals surface area contributed by atoms with Crippen LogP contribution in [0, 0.1) is 5.82 Å². The number of hydrogen-bond donors (Lipinski definition) is 1. The fourth-order valence-corrected chi connectivity index (χ4v) is 3.04. The van der Waals surface area contributed by atoms with Gasteiger partial charge < -0.3 is 5.32 Å². The maximum absolute atomic E-state index is 13.7. The molecule has 0 saturated carbocycles. The van der Waals surface area contributed by atoms with Crippen LogP contribution in [0.1, 0.15) is 16.8 Å². The summed E-state index contributed by atoms with van der Waals surface area (Å²) in [6.07, 6.45) is -0.763. The molecule has 0 unspecified atom stereocenters. The maximum atomic E-state index is 13.7. The van der Waals surface area contributed by atoms with Crippen molar-refractivity contribution < 1.29 is 17.6 Å². The summed E-state index contributed by atoms with van der Waals surface area (Å²) in [6.45, 7) is 0. The smallest absolute Gasteiger partial charge is 0.338 e. The predicted octanol–water partition coefficient (Wildman–Crippen LogP) is 5.52. The van der Waals surface area contributed by atoms with Crippen LogP contribution in [-0.4, -0.2) is 15.2 Å². The Labute approximate surface area is 163 Å². The van der Waals surface area contributed by atoms with Gasteiger partial charge >= 0.3 is 6.18 Å². The molecule has 0 saturated heterocycles. The molecule has 8 heteroatoms. The molecule has 0 aliphatic carbocycles. The minimum Gasteiger partial charge on any atom is -0.338 e. The Morgan fingerprint density at radius 1 is 0.862 bits per heavy atom. The Morgan fingerprint density at radius 2 is 1.59 bits per heavy atom. The lowest BCUT2D eigenvalue weighted by molar-refractivity contribution is -0.137. The molecule has 4 rings (SSSR count). The fraction of sp³-hybridized carbons (Fsp3) is 0.0952. The second-order valence-electron chi connectivity index (χ2n) is 6.42. The number of fused-ring (bicyclic) bond motifs is 1. The number of alkyl halides is 3. The normalized spacial score (nSPS) is 11.6. The molecule has 4 nitrogen and oxygen atoms in total. The third kappa shape index (κ3) is 4.16. The topological polar surface area (TPSA) is 50.7 Å². The lowest BCUT2D eigenvalue weighted by Gasteiger charge is -2.13. The highest BCUT2D eigenvalue weighted by molar-refractivity contribution is 5.94. The average molecular weight is 398 g/mol. The number of aromatic nitrogens is 3. The first-order valence-electron chi connectivity index (χ1n) is 8.68. The van der Waals surface area contributed by atoms with Crippen molar-refractivity contribution in [2.75, 3.05) is 5.32 Å². The SMILES string of the molecule is Fc1cc(Nc2nnc(Cc3ccncc3)c3ccccc23)cc(C(F)(F)F)c1. The number of nitrogens with one attached hydrogen (secondary N) is 1. The molecule has 0 aliphatic rings. The van der Waals surface area contributed by atoms with Gasteiger partial charge in [0.05, 0.1) is 11.3 Å². The average Bonchev–Trinajstić information content (AvgIpc) is 2.70. The molecule has 146 valence electrons. The van der Waals surface area contributed by atoms with E-state index in [0.717, 1.165) is 23.1 Å². The van der Waals surface area contributed by atoms with Crippen molar-refractivity contribution in [2.45, 2.75) is 12.6 Å². The predicted molar refractivity (Wildman–Crippen MR) is 101 cm³/mol. The van der Waals surface area contributed by atoms with Crippen molar-refractivity contribution in [3.8, 4) is 0 Å². The minimum absolute atomic E-state index is 0.0568. The van der Waals surface area contributed by atoms with E-state index in [-0.39, 0.29) is 11.5 Å². The van der Waals surface area contributed by atoms with Gasteiger partial charge in [-0.05, 0) is 35.9 Å². The van der Waals surface area contributed by atoms with E-state index in [2.05, 4.69) is 20.5 Å². The van der Waals surface area contributed by atoms with E-state index >= 15 is 0 Å². The summed E-state index contributed by atoms with van der Waals surface area (Å²) in [6, 6.07) is 13.3. The summed E-state index contributed by atoms with van der Waals surface area (Å²) < 4.78 is 52.6. The first-order valence-corrected chi connectivity index (χ1v) is 8.68. The van der Waals surface area contributed by atoms with Crippen LogP contribution in [0.15, 0.2) is 67.0 Å².